The summed E-state index contributed by atoms with van der Waals surface area (Å²) in [5.74, 6) is -1.69. The third-order valence-electron chi connectivity index (χ3n) is 3.93. The first kappa shape index (κ1) is 15.9. The van der Waals surface area contributed by atoms with Crippen molar-refractivity contribution in [2.45, 2.75) is 25.2 Å². The minimum absolute atomic E-state index is 0.265. The number of halogens is 1. The van der Waals surface area contributed by atoms with Crippen LogP contribution in [-0.4, -0.2) is 36.9 Å². The molecule has 0 spiro atoms. The van der Waals surface area contributed by atoms with Gasteiger partial charge in [-0.25, -0.2) is 17.6 Å². The number of nitrogens with zero attached hydrogens (tertiary/aromatic N) is 1. The molecule has 1 aliphatic rings. The van der Waals surface area contributed by atoms with Crippen molar-refractivity contribution >= 4 is 16.0 Å². The number of hydrogen-bond donors (Lipinski definition) is 1. The van der Waals surface area contributed by atoms with Crippen molar-refractivity contribution in [2.75, 3.05) is 13.1 Å². The van der Waals surface area contributed by atoms with Gasteiger partial charge in [0.15, 0.2) is 0 Å². The highest BCUT2D eigenvalue weighted by Gasteiger charge is 2.35. The zero-order valence-corrected chi connectivity index (χ0v) is 12.7. The second-order valence-corrected chi connectivity index (χ2v) is 7.51. The van der Waals surface area contributed by atoms with Gasteiger partial charge in [-0.2, -0.15) is 4.31 Å². The molecule has 5 nitrogen and oxygen atoms in total. The molecule has 116 valence electrons. The highest BCUT2D eigenvalue weighted by molar-refractivity contribution is 7.89. The molecular formula is C14H18FNO4S. The van der Waals surface area contributed by atoms with Gasteiger partial charge < -0.3 is 5.11 Å². The summed E-state index contributed by atoms with van der Waals surface area (Å²) in [6.45, 7) is 4.80. The van der Waals surface area contributed by atoms with E-state index in [0.717, 1.165) is 24.6 Å². The zero-order valence-electron chi connectivity index (χ0n) is 11.9. The minimum atomic E-state index is -3.91. The summed E-state index contributed by atoms with van der Waals surface area (Å²) in [5.41, 5.74) is -0.270. The van der Waals surface area contributed by atoms with Crippen molar-refractivity contribution in [1.82, 2.24) is 4.31 Å². The molecule has 1 atom stereocenters. The van der Waals surface area contributed by atoms with Crippen LogP contribution in [0.2, 0.25) is 0 Å². The van der Waals surface area contributed by atoms with Gasteiger partial charge in [0.25, 0.3) is 0 Å². The molecule has 0 amide bonds. The molecule has 21 heavy (non-hydrogen) atoms. The second-order valence-electron chi connectivity index (χ2n) is 5.61. The smallest absolute Gasteiger partial charge is 0.335 e. The molecule has 0 radical (unpaired) electrons. The van der Waals surface area contributed by atoms with E-state index in [1.165, 1.54) is 4.31 Å². The van der Waals surface area contributed by atoms with Crippen molar-refractivity contribution in [1.29, 1.82) is 0 Å². The van der Waals surface area contributed by atoms with E-state index in [4.69, 9.17) is 5.11 Å². The summed E-state index contributed by atoms with van der Waals surface area (Å²) >= 11 is 0. The minimum Gasteiger partial charge on any atom is -0.478 e. The van der Waals surface area contributed by atoms with Crippen LogP contribution in [0.5, 0.6) is 0 Å². The van der Waals surface area contributed by atoms with Gasteiger partial charge in [0.05, 0.1) is 5.56 Å². The van der Waals surface area contributed by atoms with Crippen LogP contribution in [0.3, 0.4) is 0 Å². The topological polar surface area (TPSA) is 74.7 Å². The zero-order chi connectivity index (χ0) is 15.8. The molecule has 1 heterocycles. The highest BCUT2D eigenvalue weighted by atomic mass is 32.2. The van der Waals surface area contributed by atoms with Gasteiger partial charge in [0.1, 0.15) is 10.7 Å². The predicted molar refractivity (Wildman–Crippen MR) is 75.1 cm³/mol. The molecule has 1 aliphatic heterocycles. The fraction of sp³-hybridized carbons (Fsp3) is 0.500. The number of carboxylic acids is 1. The normalized spacial score (nSPS) is 20.1. The Bertz CT molecular complexity index is 657. The predicted octanol–water partition coefficient (Wildman–Crippen LogP) is 2.19. The summed E-state index contributed by atoms with van der Waals surface area (Å²) in [4.78, 5) is 10.3. The lowest BCUT2D eigenvalue weighted by Crippen LogP contribution is -2.30. The maximum absolute atomic E-state index is 13.9. The van der Waals surface area contributed by atoms with Crippen molar-refractivity contribution in [3.63, 3.8) is 0 Å². The number of sulfonamides is 1. The quantitative estimate of drug-likeness (QED) is 0.924. The van der Waals surface area contributed by atoms with Crippen LogP contribution in [0, 0.1) is 17.7 Å². The first-order valence-corrected chi connectivity index (χ1v) is 8.20. The Morgan fingerprint density at radius 3 is 2.57 bits per heavy atom. The number of hydrogen-bond acceptors (Lipinski definition) is 3. The van der Waals surface area contributed by atoms with Crippen molar-refractivity contribution in [2.24, 2.45) is 11.8 Å². The van der Waals surface area contributed by atoms with Crippen LogP contribution in [0.25, 0.3) is 0 Å². The average molecular weight is 315 g/mol. The maximum Gasteiger partial charge on any atom is 0.335 e. The molecule has 1 unspecified atom stereocenters. The van der Waals surface area contributed by atoms with Gasteiger partial charge >= 0.3 is 5.97 Å². The van der Waals surface area contributed by atoms with Gasteiger partial charge in [0.2, 0.25) is 10.0 Å². The van der Waals surface area contributed by atoms with E-state index in [1.807, 2.05) is 13.8 Å². The molecule has 1 aromatic rings. The molecule has 2 rings (SSSR count). The Kier molecular flexibility index (Phi) is 4.34. The molecule has 1 fully saturated rings. The molecule has 0 aliphatic carbocycles. The van der Waals surface area contributed by atoms with Crippen LogP contribution in [0.15, 0.2) is 23.1 Å². The summed E-state index contributed by atoms with van der Waals surface area (Å²) in [5, 5.41) is 8.78. The second kappa shape index (κ2) is 5.73. The molecule has 0 aromatic heterocycles. The molecule has 1 aromatic carbocycles. The van der Waals surface area contributed by atoms with Crippen LogP contribution >= 0.6 is 0 Å². The largest absolute Gasteiger partial charge is 0.478 e. The molecule has 0 saturated carbocycles. The van der Waals surface area contributed by atoms with E-state index >= 15 is 0 Å². The SMILES string of the molecule is CC(C)C1CCN(S(=O)(=O)c2ccc(C(=O)O)cc2F)C1. The number of carboxylic acid groups (broad SMARTS) is 1. The van der Waals surface area contributed by atoms with Crippen molar-refractivity contribution < 1.29 is 22.7 Å². The number of aromatic carboxylic acids is 1. The Balaban J connectivity index is 2.31. The third kappa shape index (κ3) is 3.08. The highest BCUT2D eigenvalue weighted by Crippen LogP contribution is 2.29. The Morgan fingerprint density at radius 2 is 2.10 bits per heavy atom. The number of rotatable bonds is 4. The fourth-order valence-corrected chi connectivity index (χ4v) is 4.06. The van der Waals surface area contributed by atoms with E-state index < -0.39 is 26.7 Å². The molecular weight excluding hydrogens is 297 g/mol. The fourth-order valence-electron chi connectivity index (χ4n) is 2.50. The van der Waals surface area contributed by atoms with E-state index in [0.29, 0.717) is 19.0 Å². The van der Waals surface area contributed by atoms with Crippen LogP contribution in [0.4, 0.5) is 4.39 Å². The third-order valence-corrected chi connectivity index (χ3v) is 5.83. The van der Waals surface area contributed by atoms with E-state index in [9.17, 15) is 17.6 Å². The lowest BCUT2D eigenvalue weighted by atomic mass is 9.96. The van der Waals surface area contributed by atoms with Gasteiger partial charge in [-0.05, 0) is 36.5 Å². The standard InChI is InChI=1S/C14H18FNO4S/c1-9(2)11-5-6-16(8-11)21(19,20)13-4-3-10(14(17)18)7-12(13)15/h3-4,7,9,11H,5-6,8H2,1-2H3,(H,17,18). The lowest BCUT2D eigenvalue weighted by Gasteiger charge is -2.18. The lowest BCUT2D eigenvalue weighted by molar-refractivity contribution is 0.0696. The Morgan fingerprint density at radius 1 is 1.43 bits per heavy atom. The summed E-state index contributed by atoms with van der Waals surface area (Å²) < 4.78 is 40.1. The first-order chi connectivity index (χ1) is 9.73. The Labute approximate surface area is 123 Å². The number of carbonyl (C=O) groups is 1. The van der Waals surface area contributed by atoms with Crippen molar-refractivity contribution in [3.05, 3.63) is 29.6 Å². The van der Waals surface area contributed by atoms with Crippen molar-refractivity contribution in [3.8, 4) is 0 Å². The van der Waals surface area contributed by atoms with E-state index in [1.54, 1.807) is 0 Å². The van der Waals surface area contributed by atoms with Crippen LogP contribution < -0.4 is 0 Å². The molecule has 0 bridgehead atoms. The molecule has 1 saturated heterocycles. The maximum atomic E-state index is 13.9. The summed E-state index contributed by atoms with van der Waals surface area (Å²) in [6.07, 6.45) is 0.756. The van der Waals surface area contributed by atoms with Crippen LogP contribution in [-0.2, 0) is 10.0 Å². The van der Waals surface area contributed by atoms with Gasteiger partial charge in [0, 0.05) is 13.1 Å². The van der Waals surface area contributed by atoms with E-state index in [-0.39, 0.29) is 11.5 Å². The van der Waals surface area contributed by atoms with Crippen LogP contribution in [0.1, 0.15) is 30.6 Å². The van der Waals surface area contributed by atoms with Gasteiger partial charge in [-0.15, -0.1) is 0 Å². The van der Waals surface area contributed by atoms with E-state index in [2.05, 4.69) is 0 Å². The summed E-state index contributed by atoms with van der Waals surface area (Å²) in [6, 6.07) is 2.87. The average Bonchev–Trinajstić information content (AvgIpc) is 2.88. The first-order valence-electron chi connectivity index (χ1n) is 6.76. The molecule has 1 N–H and O–H groups in total. The summed E-state index contributed by atoms with van der Waals surface area (Å²) in [7, 11) is -3.91. The monoisotopic (exact) mass is 315 g/mol. The molecule has 7 heteroatoms. The Hall–Kier alpha value is -1.47. The van der Waals surface area contributed by atoms with Gasteiger partial charge in [-0.1, -0.05) is 13.8 Å². The number of benzene rings is 1. The van der Waals surface area contributed by atoms with Gasteiger partial charge in [-0.3, -0.25) is 0 Å².